The average molecular weight is 425 g/mol. The van der Waals surface area contributed by atoms with Crippen LogP contribution in [0.15, 0.2) is 54.6 Å². The molecule has 6 heteroatoms. The van der Waals surface area contributed by atoms with Crippen LogP contribution in [0.3, 0.4) is 0 Å². The molecule has 0 spiro atoms. The predicted molar refractivity (Wildman–Crippen MR) is 123 cm³/mol. The van der Waals surface area contributed by atoms with Gasteiger partial charge in [0.25, 0.3) is 5.91 Å². The summed E-state index contributed by atoms with van der Waals surface area (Å²) in [4.78, 5) is 12.8. The van der Waals surface area contributed by atoms with E-state index in [2.05, 4.69) is 55.6 Å². The number of amides is 1. The average Bonchev–Trinajstić information content (AvgIpc) is 3.11. The molecule has 30 heavy (non-hydrogen) atoms. The number of hydrogen-bond donors (Lipinski definition) is 2. The summed E-state index contributed by atoms with van der Waals surface area (Å²) in [5.41, 5.74) is 3.96. The number of nitrogens with zero attached hydrogens (tertiary/aromatic N) is 2. The minimum absolute atomic E-state index is 0.193. The molecule has 3 rings (SSSR count). The molecule has 0 fully saturated rings. The van der Waals surface area contributed by atoms with Gasteiger partial charge < -0.3 is 10.6 Å². The molecule has 2 N–H and O–H groups in total. The highest BCUT2D eigenvalue weighted by Gasteiger charge is 2.20. The van der Waals surface area contributed by atoms with Gasteiger partial charge in [-0.05, 0) is 63.9 Å². The van der Waals surface area contributed by atoms with Gasteiger partial charge in [-0.3, -0.25) is 9.48 Å². The second kappa shape index (κ2) is 9.02. The van der Waals surface area contributed by atoms with Gasteiger partial charge >= 0.3 is 0 Å². The molecule has 0 unspecified atom stereocenters. The Labute approximate surface area is 183 Å². The number of anilines is 1. The van der Waals surface area contributed by atoms with Crippen LogP contribution >= 0.6 is 11.6 Å². The molecule has 0 saturated heterocycles. The van der Waals surface area contributed by atoms with E-state index in [4.69, 9.17) is 11.6 Å². The van der Waals surface area contributed by atoms with Gasteiger partial charge in [-0.1, -0.05) is 48.0 Å². The zero-order chi connectivity index (χ0) is 21.9. The van der Waals surface area contributed by atoms with Crippen molar-refractivity contribution in [1.29, 1.82) is 0 Å². The molecule has 3 aromatic rings. The zero-order valence-electron chi connectivity index (χ0n) is 18.2. The standard InChI is InChI=1S/C24H29ClN4O/c1-16-13-22(28-29(16)24(3,4)5)23(30)27-21-14-18(11-12-20(21)25)15-26-17(2)19-9-7-6-8-10-19/h6-14,17,26H,15H2,1-5H3,(H,27,30)/t17-/m1/s1. The van der Waals surface area contributed by atoms with Crippen LogP contribution in [0.2, 0.25) is 5.02 Å². The Morgan fingerprint density at radius 1 is 1.13 bits per heavy atom. The summed E-state index contributed by atoms with van der Waals surface area (Å²) in [5, 5.41) is 11.4. The van der Waals surface area contributed by atoms with E-state index >= 15 is 0 Å². The number of benzene rings is 2. The topological polar surface area (TPSA) is 59.0 Å². The van der Waals surface area contributed by atoms with Gasteiger partial charge in [0, 0.05) is 18.3 Å². The van der Waals surface area contributed by atoms with Crippen molar-refractivity contribution in [3.63, 3.8) is 0 Å². The fourth-order valence-electron chi connectivity index (χ4n) is 3.36. The molecule has 2 aromatic carbocycles. The summed E-state index contributed by atoms with van der Waals surface area (Å²) in [6.07, 6.45) is 0. The first kappa shape index (κ1) is 22.1. The van der Waals surface area contributed by atoms with Crippen molar-refractivity contribution in [3.8, 4) is 0 Å². The summed E-state index contributed by atoms with van der Waals surface area (Å²) in [6.45, 7) is 10.9. The Hall–Kier alpha value is -2.63. The van der Waals surface area contributed by atoms with Crippen molar-refractivity contribution in [3.05, 3.63) is 82.1 Å². The van der Waals surface area contributed by atoms with E-state index in [1.54, 1.807) is 12.1 Å². The van der Waals surface area contributed by atoms with Crippen molar-refractivity contribution < 1.29 is 4.79 Å². The zero-order valence-corrected chi connectivity index (χ0v) is 18.9. The quantitative estimate of drug-likeness (QED) is 0.533. The number of rotatable bonds is 6. The Kier molecular flexibility index (Phi) is 6.64. The van der Waals surface area contributed by atoms with E-state index in [9.17, 15) is 4.79 Å². The van der Waals surface area contributed by atoms with Crippen LogP contribution in [-0.4, -0.2) is 15.7 Å². The smallest absolute Gasteiger partial charge is 0.276 e. The third-order valence-electron chi connectivity index (χ3n) is 4.95. The van der Waals surface area contributed by atoms with Gasteiger partial charge in [0.1, 0.15) is 0 Å². The highest BCUT2D eigenvalue weighted by Crippen LogP contribution is 2.25. The summed E-state index contributed by atoms with van der Waals surface area (Å²) in [6, 6.07) is 18.0. The van der Waals surface area contributed by atoms with E-state index in [1.165, 1.54) is 5.56 Å². The second-order valence-electron chi connectivity index (χ2n) is 8.54. The third-order valence-corrected chi connectivity index (χ3v) is 5.28. The van der Waals surface area contributed by atoms with Crippen molar-refractivity contribution in [2.24, 2.45) is 0 Å². The molecule has 158 valence electrons. The number of nitrogens with one attached hydrogen (secondary N) is 2. The number of hydrogen-bond acceptors (Lipinski definition) is 3. The minimum atomic E-state index is -0.272. The molecular weight excluding hydrogens is 396 g/mol. The predicted octanol–water partition coefficient (Wildman–Crippen LogP) is 5.70. The highest BCUT2D eigenvalue weighted by atomic mass is 35.5. The minimum Gasteiger partial charge on any atom is -0.319 e. The third kappa shape index (κ3) is 5.29. The van der Waals surface area contributed by atoms with Gasteiger partial charge in [0.15, 0.2) is 5.69 Å². The van der Waals surface area contributed by atoms with Crippen molar-refractivity contribution in [2.45, 2.75) is 52.7 Å². The van der Waals surface area contributed by atoms with Crippen LogP contribution in [0.5, 0.6) is 0 Å². The Bertz CT molecular complexity index is 1020. The molecule has 0 aliphatic carbocycles. The van der Waals surface area contributed by atoms with E-state index < -0.39 is 0 Å². The lowest BCUT2D eigenvalue weighted by atomic mass is 10.1. The van der Waals surface area contributed by atoms with Crippen molar-refractivity contribution in [2.75, 3.05) is 5.32 Å². The lowest BCUT2D eigenvalue weighted by molar-refractivity contribution is 0.102. The first-order valence-electron chi connectivity index (χ1n) is 10.1. The molecule has 0 aliphatic rings. The molecule has 0 saturated carbocycles. The van der Waals surface area contributed by atoms with E-state index in [-0.39, 0.29) is 17.5 Å². The molecule has 1 aromatic heterocycles. The molecule has 0 aliphatic heterocycles. The Morgan fingerprint density at radius 3 is 2.47 bits per heavy atom. The van der Waals surface area contributed by atoms with E-state index in [0.717, 1.165) is 11.3 Å². The molecule has 0 bridgehead atoms. The summed E-state index contributed by atoms with van der Waals surface area (Å²) >= 11 is 6.33. The summed E-state index contributed by atoms with van der Waals surface area (Å²) in [7, 11) is 0. The van der Waals surface area contributed by atoms with Gasteiger partial charge in [-0.25, -0.2) is 0 Å². The Balaban J connectivity index is 1.70. The van der Waals surface area contributed by atoms with Crippen LogP contribution in [0, 0.1) is 6.92 Å². The van der Waals surface area contributed by atoms with Crippen LogP contribution in [0.1, 0.15) is 61.0 Å². The van der Waals surface area contributed by atoms with Crippen molar-refractivity contribution >= 4 is 23.2 Å². The van der Waals surface area contributed by atoms with Crippen LogP contribution in [0.4, 0.5) is 5.69 Å². The first-order valence-corrected chi connectivity index (χ1v) is 10.5. The van der Waals surface area contributed by atoms with Crippen LogP contribution < -0.4 is 10.6 Å². The first-order chi connectivity index (χ1) is 14.1. The number of carbonyl (C=O) groups excluding carboxylic acids is 1. The molecule has 1 amide bonds. The monoisotopic (exact) mass is 424 g/mol. The lowest BCUT2D eigenvalue weighted by Gasteiger charge is -2.21. The van der Waals surface area contributed by atoms with Gasteiger partial charge in [-0.2, -0.15) is 5.10 Å². The van der Waals surface area contributed by atoms with Gasteiger partial charge in [-0.15, -0.1) is 0 Å². The second-order valence-corrected chi connectivity index (χ2v) is 8.94. The highest BCUT2D eigenvalue weighted by molar-refractivity contribution is 6.33. The summed E-state index contributed by atoms with van der Waals surface area (Å²) in [5.74, 6) is -0.272. The maximum atomic E-state index is 12.8. The lowest BCUT2D eigenvalue weighted by Crippen LogP contribution is -2.25. The number of carbonyl (C=O) groups is 1. The number of halogens is 1. The van der Waals surface area contributed by atoms with Crippen LogP contribution in [0.25, 0.3) is 0 Å². The maximum absolute atomic E-state index is 12.8. The van der Waals surface area contributed by atoms with Gasteiger partial charge in [0.2, 0.25) is 0 Å². The largest absolute Gasteiger partial charge is 0.319 e. The fraction of sp³-hybridized carbons (Fsp3) is 0.333. The van der Waals surface area contributed by atoms with Gasteiger partial charge in [0.05, 0.1) is 16.2 Å². The van der Waals surface area contributed by atoms with Crippen LogP contribution in [-0.2, 0) is 12.1 Å². The number of aromatic nitrogens is 2. The van der Waals surface area contributed by atoms with Crippen molar-refractivity contribution in [1.82, 2.24) is 15.1 Å². The fourth-order valence-corrected chi connectivity index (χ4v) is 3.52. The SMILES string of the molecule is Cc1cc(C(=O)Nc2cc(CN[C@H](C)c3ccccc3)ccc2Cl)nn1C(C)(C)C. The normalized spacial score (nSPS) is 12.6. The molecular formula is C24H29ClN4O. The maximum Gasteiger partial charge on any atom is 0.276 e. The van der Waals surface area contributed by atoms with E-state index in [1.807, 2.05) is 41.9 Å². The number of aryl methyl sites for hydroxylation is 1. The summed E-state index contributed by atoms with van der Waals surface area (Å²) < 4.78 is 1.86. The molecule has 1 atom stereocenters. The molecule has 5 nitrogen and oxygen atoms in total. The molecule has 1 heterocycles. The Morgan fingerprint density at radius 2 is 1.83 bits per heavy atom. The molecule has 0 radical (unpaired) electrons. The van der Waals surface area contributed by atoms with E-state index in [0.29, 0.717) is 22.9 Å².